The molecule has 0 saturated heterocycles. The summed E-state index contributed by atoms with van der Waals surface area (Å²) in [4.78, 5) is 0. The molecule has 0 spiro atoms. The molecule has 0 bridgehead atoms. The molecule has 3 rings (SSSR count). The van der Waals surface area contributed by atoms with Gasteiger partial charge in [-0.05, 0) is 23.6 Å². The van der Waals surface area contributed by atoms with Crippen molar-refractivity contribution in [2.75, 3.05) is 6.61 Å². The van der Waals surface area contributed by atoms with Gasteiger partial charge in [0.1, 0.15) is 18.3 Å². The van der Waals surface area contributed by atoms with Gasteiger partial charge in [0.25, 0.3) is 0 Å². The second-order valence-electron chi connectivity index (χ2n) is 7.62. The minimum Gasteiger partial charge on any atom is -0.388 e. The molecule has 168 valence electrons. The van der Waals surface area contributed by atoms with Crippen LogP contribution in [0.2, 0.25) is 0 Å². The van der Waals surface area contributed by atoms with E-state index in [0.717, 1.165) is 16.7 Å². The lowest BCUT2D eigenvalue weighted by Crippen LogP contribution is -2.42. The van der Waals surface area contributed by atoms with Crippen LogP contribution in [0.1, 0.15) is 23.6 Å². The fourth-order valence-electron chi connectivity index (χ4n) is 3.37. The molecule has 4 heteroatoms. The third kappa shape index (κ3) is 8.06. The van der Waals surface area contributed by atoms with Gasteiger partial charge in [-0.3, -0.25) is 0 Å². The molecule has 0 fully saturated rings. The van der Waals surface area contributed by atoms with Crippen LogP contribution in [0.15, 0.2) is 103 Å². The van der Waals surface area contributed by atoms with Gasteiger partial charge in [-0.25, -0.2) is 0 Å². The third-order valence-electron chi connectivity index (χ3n) is 5.06. The van der Waals surface area contributed by atoms with Crippen LogP contribution in [0, 0.1) is 0 Å². The second kappa shape index (κ2) is 13.6. The topological polar surface area (TPSA) is 47.9 Å². The Hall–Kier alpha value is -2.76. The van der Waals surface area contributed by atoms with E-state index in [1.165, 1.54) is 0 Å². The quantitative estimate of drug-likeness (QED) is 0.372. The Morgan fingerprint density at radius 3 is 1.66 bits per heavy atom. The molecule has 0 heterocycles. The van der Waals surface area contributed by atoms with Gasteiger partial charge < -0.3 is 19.3 Å². The van der Waals surface area contributed by atoms with Crippen molar-refractivity contribution in [3.05, 3.63) is 120 Å². The van der Waals surface area contributed by atoms with Crippen LogP contribution in [0.25, 0.3) is 0 Å². The van der Waals surface area contributed by atoms with E-state index < -0.39 is 18.3 Å². The van der Waals surface area contributed by atoms with Crippen LogP contribution < -0.4 is 0 Å². The Balaban J connectivity index is 1.66. The standard InChI is InChI=1S/C28H32O4/c1-2-12-27(31-20-24-15-8-4-9-16-24)28(32-21-25-17-10-5-11-18-25)26(29)22-30-19-23-13-6-3-7-14-23/h2-18,26-29H,19-22H2,1H3/b12-2+/t26-,27+,28+/m1/s1. The van der Waals surface area contributed by atoms with Gasteiger partial charge in [0.05, 0.1) is 26.4 Å². The lowest BCUT2D eigenvalue weighted by atomic mass is 10.1. The highest BCUT2D eigenvalue weighted by Gasteiger charge is 2.29. The van der Waals surface area contributed by atoms with Crippen LogP contribution in [-0.2, 0) is 34.0 Å². The first-order valence-electron chi connectivity index (χ1n) is 11.0. The van der Waals surface area contributed by atoms with Crippen LogP contribution >= 0.6 is 0 Å². The van der Waals surface area contributed by atoms with E-state index in [4.69, 9.17) is 14.2 Å². The normalized spacial score (nSPS) is 14.3. The van der Waals surface area contributed by atoms with E-state index in [0.29, 0.717) is 19.8 Å². The number of hydrogen-bond acceptors (Lipinski definition) is 4. The first-order chi connectivity index (χ1) is 15.8. The Bertz CT molecular complexity index is 896. The summed E-state index contributed by atoms with van der Waals surface area (Å²) in [5.74, 6) is 0. The first kappa shape index (κ1) is 23.9. The highest BCUT2D eigenvalue weighted by Crippen LogP contribution is 2.17. The fraction of sp³-hybridized carbons (Fsp3) is 0.286. The summed E-state index contributed by atoms with van der Waals surface area (Å²) < 4.78 is 18.2. The van der Waals surface area contributed by atoms with Crippen molar-refractivity contribution in [1.82, 2.24) is 0 Å². The maximum Gasteiger partial charge on any atom is 0.116 e. The summed E-state index contributed by atoms with van der Waals surface area (Å²) >= 11 is 0. The zero-order valence-electron chi connectivity index (χ0n) is 18.5. The van der Waals surface area contributed by atoms with Gasteiger partial charge in [0.15, 0.2) is 0 Å². The van der Waals surface area contributed by atoms with Gasteiger partial charge in [-0.1, -0.05) is 103 Å². The highest BCUT2D eigenvalue weighted by atomic mass is 16.6. The maximum atomic E-state index is 11.0. The van der Waals surface area contributed by atoms with E-state index in [9.17, 15) is 5.11 Å². The molecule has 0 aromatic heterocycles. The maximum absolute atomic E-state index is 11.0. The molecule has 0 radical (unpaired) electrons. The molecule has 0 aliphatic carbocycles. The molecule has 0 unspecified atom stereocenters. The molecule has 1 N–H and O–H groups in total. The Morgan fingerprint density at radius 2 is 1.16 bits per heavy atom. The van der Waals surface area contributed by atoms with E-state index in [2.05, 4.69) is 0 Å². The number of hydrogen-bond donors (Lipinski definition) is 1. The minimum atomic E-state index is -0.848. The van der Waals surface area contributed by atoms with Crippen molar-refractivity contribution in [3.8, 4) is 0 Å². The number of allylic oxidation sites excluding steroid dienone is 1. The molecule has 3 aromatic carbocycles. The average Bonchev–Trinajstić information content (AvgIpc) is 2.84. The molecule has 0 saturated carbocycles. The Kier molecular flexibility index (Phi) is 10.2. The van der Waals surface area contributed by atoms with Crippen molar-refractivity contribution in [2.24, 2.45) is 0 Å². The van der Waals surface area contributed by atoms with Crippen LogP contribution in [0.3, 0.4) is 0 Å². The average molecular weight is 433 g/mol. The van der Waals surface area contributed by atoms with Crippen molar-refractivity contribution in [2.45, 2.75) is 45.1 Å². The Labute approximate surface area is 191 Å². The third-order valence-corrected chi connectivity index (χ3v) is 5.06. The summed E-state index contributed by atoms with van der Waals surface area (Å²) in [7, 11) is 0. The van der Waals surface area contributed by atoms with Gasteiger partial charge in [-0.15, -0.1) is 0 Å². The largest absolute Gasteiger partial charge is 0.388 e. The SMILES string of the molecule is C/C=C/[C@H](OCc1ccccc1)[C@@H](OCc1ccccc1)[C@H](O)COCc1ccccc1. The first-order valence-corrected chi connectivity index (χ1v) is 11.0. The van der Waals surface area contributed by atoms with Crippen molar-refractivity contribution in [1.29, 1.82) is 0 Å². The number of ether oxygens (including phenoxy) is 3. The molecular formula is C28H32O4. The zero-order chi connectivity index (χ0) is 22.4. The van der Waals surface area contributed by atoms with Gasteiger partial charge in [0.2, 0.25) is 0 Å². The second-order valence-corrected chi connectivity index (χ2v) is 7.62. The molecule has 3 aromatic rings. The van der Waals surface area contributed by atoms with Crippen molar-refractivity contribution >= 4 is 0 Å². The van der Waals surface area contributed by atoms with Gasteiger partial charge >= 0.3 is 0 Å². The molecule has 0 amide bonds. The fourth-order valence-corrected chi connectivity index (χ4v) is 3.37. The molecular weight excluding hydrogens is 400 g/mol. The number of rotatable bonds is 13. The van der Waals surface area contributed by atoms with E-state index >= 15 is 0 Å². The summed E-state index contributed by atoms with van der Waals surface area (Å²) in [5.41, 5.74) is 3.17. The lowest BCUT2D eigenvalue weighted by Gasteiger charge is -2.29. The van der Waals surface area contributed by atoms with Crippen molar-refractivity contribution in [3.63, 3.8) is 0 Å². The predicted molar refractivity (Wildman–Crippen MR) is 127 cm³/mol. The minimum absolute atomic E-state index is 0.150. The number of aliphatic hydroxyl groups is 1. The molecule has 0 aliphatic heterocycles. The lowest BCUT2D eigenvalue weighted by molar-refractivity contribution is -0.133. The van der Waals surface area contributed by atoms with Crippen LogP contribution in [0.4, 0.5) is 0 Å². The van der Waals surface area contributed by atoms with E-state index in [-0.39, 0.29) is 6.61 Å². The van der Waals surface area contributed by atoms with Crippen LogP contribution in [0.5, 0.6) is 0 Å². The smallest absolute Gasteiger partial charge is 0.116 e. The van der Waals surface area contributed by atoms with E-state index in [1.54, 1.807) is 0 Å². The molecule has 32 heavy (non-hydrogen) atoms. The van der Waals surface area contributed by atoms with Gasteiger partial charge in [-0.2, -0.15) is 0 Å². The monoisotopic (exact) mass is 432 g/mol. The number of aliphatic hydroxyl groups excluding tert-OH is 1. The summed E-state index contributed by atoms with van der Waals surface area (Å²) in [6, 6.07) is 29.8. The number of benzene rings is 3. The molecule has 4 nitrogen and oxygen atoms in total. The molecule has 3 atom stereocenters. The van der Waals surface area contributed by atoms with Crippen molar-refractivity contribution < 1.29 is 19.3 Å². The zero-order valence-corrected chi connectivity index (χ0v) is 18.5. The molecule has 0 aliphatic rings. The van der Waals surface area contributed by atoms with E-state index in [1.807, 2.05) is 110 Å². The van der Waals surface area contributed by atoms with Crippen LogP contribution in [-0.4, -0.2) is 30.0 Å². The highest BCUT2D eigenvalue weighted by molar-refractivity contribution is 5.15. The Morgan fingerprint density at radius 1 is 0.688 bits per heavy atom. The summed E-state index contributed by atoms with van der Waals surface area (Å²) in [6.07, 6.45) is 2.01. The summed E-state index contributed by atoms with van der Waals surface area (Å²) in [6.45, 7) is 3.33. The van der Waals surface area contributed by atoms with Gasteiger partial charge in [0, 0.05) is 0 Å². The predicted octanol–water partition coefficient (Wildman–Crippen LogP) is 5.31. The summed E-state index contributed by atoms with van der Waals surface area (Å²) in [5, 5.41) is 11.0.